The number of fused-ring (bicyclic) bond motifs is 4. The summed E-state index contributed by atoms with van der Waals surface area (Å²) in [4.78, 5) is 0. The molecule has 14 fully saturated rings. The summed E-state index contributed by atoms with van der Waals surface area (Å²) in [6.07, 6.45) is 42.7. The molecule has 0 atom stereocenters. The molecule has 16 rings (SSSR count). The summed E-state index contributed by atoms with van der Waals surface area (Å²) in [5.74, 6) is 9.85. The van der Waals surface area contributed by atoms with Crippen molar-refractivity contribution in [2.75, 3.05) is 0 Å². The highest BCUT2D eigenvalue weighted by molar-refractivity contribution is 5.40. The van der Waals surface area contributed by atoms with E-state index in [4.69, 9.17) is 0 Å². The molecule has 0 amide bonds. The molecule has 0 unspecified atom stereocenters. The summed E-state index contributed by atoms with van der Waals surface area (Å²) in [6, 6.07) is 21.6. The highest BCUT2D eigenvalue weighted by atomic mass is 14.6. The van der Waals surface area contributed by atoms with Gasteiger partial charge >= 0.3 is 0 Å². The molecule has 0 nitrogen and oxygen atoms in total. The van der Waals surface area contributed by atoms with Gasteiger partial charge in [0.1, 0.15) is 0 Å². The molecular formula is C99H178. The molecule has 0 spiro atoms. The second kappa shape index (κ2) is 32.1. The second-order valence-corrected chi connectivity index (χ2v) is 47.7. The first-order chi connectivity index (χ1) is 44.4. The Morgan fingerprint density at radius 2 is 0.596 bits per heavy atom. The van der Waals surface area contributed by atoms with Crippen LogP contribution < -0.4 is 0 Å². The lowest BCUT2D eigenvalue weighted by atomic mass is 9.40. The van der Waals surface area contributed by atoms with Crippen LogP contribution in [0.5, 0.6) is 0 Å². The standard InChI is InChI=1S/C18H22.C15H26.C14H24.2C12H22.C11H22.2C8H18.CH4/c1-17(2,3)18(4,15-11-7-5-8-12-15)16-13-9-6-10-14-16;1-14(2,3)15(4)12-6-10-5-11(8-12)9-13(15)7-10;1-13(2,3)14-7-10-4-11(8-14)6-12(5-10)9-14;1-11(2,3)12-7-4-10(5-8-12)6-9-12;1-11(2,3)12-8-4-6-10(12)7-5-9-12;1-10(2,3)11(4)8-6-5-7-9-11;2*1-7(2,3)8(4,5)6;/h5-14H,1-4H3;10-13H,5-9H2,1-4H3;10-12H,4-9H2,1-3H3;2*10H,4-9H2,1-3H3;5-9H2,1-4H3;2*1-6H3;1H4. The van der Waals surface area contributed by atoms with Crippen molar-refractivity contribution in [2.24, 2.45) is 134 Å². The molecule has 14 aliphatic carbocycles. The quantitative estimate of drug-likeness (QED) is 0.281. The van der Waals surface area contributed by atoms with Crippen molar-refractivity contribution in [3.05, 3.63) is 71.8 Å². The Morgan fingerprint density at radius 1 is 0.273 bits per heavy atom. The SMILES string of the molecule is C.CC(C)(C)C(C)(C)C.CC(C)(C)C(C)(C)C.CC(C)(C)C(C)(c1ccccc1)c1ccccc1.CC(C)(C)C1(C)C2CC3CC(C2)CC1C3.CC(C)(C)C1(C)CCCCC1.CC(C)(C)C12CC3CC(CC(C3)C1)C2.CC(C)(C)C12CCC(CC1)CC2.CC(C)(C)C12CCCC1CCC2. The van der Waals surface area contributed by atoms with Gasteiger partial charge in [0.15, 0.2) is 0 Å². The summed E-state index contributed by atoms with van der Waals surface area (Å²) >= 11 is 0. The highest BCUT2D eigenvalue weighted by Gasteiger charge is 2.60. The third-order valence-electron chi connectivity index (χ3n) is 33.9. The molecule has 14 saturated carbocycles. The van der Waals surface area contributed by atoms with Crippen molar-refractivity contribution in [3.8, 4) is 0 Å². The van der Waals surface area contributed by atoms with Gasteiger partial charge in [-0.1, -0.05) is 329 Å². The van der Waals surface area contributed by atoms with Crippen LogP contribution in [0.2, 0.25) is 0 Å². The van der Waals surface area contributed by atoms with Crippen LogP contribution in [0.4, 0.5) is 0 Å². The van der Waals surface area contributed by atoms with Crippen molar-refractivity contribution in [1.82, 2.24) is 0 Å². The predicted octanol–water partition coefficient (Wildman–Crippen LogP) is 32.6. The van der Waals surface area contributed by atoms with Crippen molar-refractivity contribution in [3.63, 3.8) is 0 Å². The third-order valence-corrected chi connectivity index (χ3v) is 33.9. The lowest BCUT2D eigenvalue weighted by Gasteiger charge is -2.65. The summed E-state index contributed by atoms with van der Waals surface area (Å²) in [6.45, 7) is 78.4. The predicted molar refractivity (Wildman–Crippen MR) is 445 cm³/mol. The van der Waals surface area contributed by atoms with Crippen LogP contribution in [0.25, 0.3) is 0 Å². The van der Waals surface area contributed by atoms with Crippen LogP contribution in [-0.2, 0) is 5.41 Å². The molecular weight excluding hydrogens is 1190 g/mol. The van der Waals surface area contributed by atoms with E-state index < -0.39 is 0 Å². The Balaban J connectivity index is 0.000000206. The molecule has 0 saturated heterocycles. The third kappa shape index (κ3) is 20.4. The van der Waals surface area contributed by atoms with E-state index in [2.05, 4.69) is 289 Å². The summed E-state index contributed by atoms with van der Waals surface area (Å²) in [7, 11) is 0. The fourth-order valence-electron chi connectivity index (χ4n) is 22.4. The Morgan fingerprint density at radius 3 is 0.838 bits per heavy atom. The van der Waals surface area contributed by atoms with Crippen molar-refractivity contribution >= 4 is 0 Å². The molecule has 10 bridgehead atoms. The van der Waals surface area contributed by atoms with E-state index in [1.54, 1.807) is 70.6 Å². The number of hydrogen-bond donors (Lipinski definition) is 0. The zero-order chi connectivity index (χ0) is 74.2. The summed E-state index contributed by atoms with van der Waals surface area (Å²) < 4.78 is 0. The van der Waals surface area contributed by atoms with Gasteiger partial charge < -0.3 is 0 Å². The number of rotatable bonds is 2. The van der Waals surface area contributed by atoms with E-state index in [1.165, 1.54) is 120 Å². The van der Waals surface area contributed by atoms with Gasteiger partial charge in [-0.05, 0) is 293 Å². The fraction of sp³-hybridized carbons (Fsp3) is 0.879. The monoisotopic (exact) mass is 1370 g/mol. The first kappa shape index (κ1) is 88.1. The molecule has 0 radical (unpaired) electrons. The van der Waals surface area contributed by atoms with E-state index in [0.717, 1.165) is 69.5 Å². The molecule has 0 aliphatic heterocycles. The fourth-order valence-corrected chi connectivity index (χ4v) is 22.4. The topological polar surface area (TPSA) is 0 Å². The molecule has 2 aromatic carbocycles. The van der Waals surface area contributed by atoms with Gasteiger partial charge in [0.25, 0.3) is 0 Å². The highest BCUT2D eigenvalue weighted by Crippen LogP contribution is 2.69. The van der Waals surface area contributed by atoms with Crippen LogP contribution in [-0.4, -0.2) is 0 Å². The molecule has 14 aliphatic rings. The lowest BCUT2D eigenvalue weighted by molar-refractivity contribution is -0.153. The van der Waals surface area contributed by atoms with Gasteiger partial charge in [0.2, 0.25) is 0 Å². The minimum absolute atomic E-state index is 0. The number of benzene rings is 2. The molecule has 0 N–H and O–H groups in total. The largest absolute Gasteiger partial charge is 0.0776 e. The van der Waals surface area contributed by atoms with E-state index in [1.807, 2.05) is 0 Å². The maximum absolute atomic E-state index is 2.61. The Labute approximate surface area is 623 Å². The van der Waals surface area contributed by atoms with Gasteiger partial charge in [-0.2, -0.15) is 0 Å². The molecule has 2 aromatic rings. The first-order valence-corrected chi connectivity index (χ1v) is 42.5. The minimum Gasteiger partial charge on any atom is -0.0776 e. The summed E-state index contributed by atoms with van der Waals surface area (Å²) in [5.41, 5.74) is 10.8. The van der Waals surface area contributed by atoms with Gasteiger partial charge in [-0.25, -0.2) is 0 Å². The Bertz CT molecular complexity index is 2490. The Kier molecular flexibility index (Phi) is 28.6. The first-order valence-electron chi connectivity index (χ1n) is 42.5. The van der Waals surface area contributed by atoms with Crippen molar-refractivity contribution in [2.45, 2.75) is 421 Å². The van der Waals surface area contributed by atoms with Crippen LogP contribution in [0.3, 0.4) is 0 Å². The average Bonchev–Trinajstić information content (AvgIpc) is 1.52. The molecule has 99 heavy (non-hydrogen) atoms. The van der Waals surface area contributed by atoms with Gasteiger partial charge in [-0.3, -0.25) is 0 Å². The van der Waals surface area contributed by atoms with E-state index in [0.29, 0.717) is 59.6 Å². The molecule has 0 aromatic heterocycles. The smallest absolute Gasteiger partial charge is 0.0223 e. The molecule has 574 valence electrons. The van der Waals surface area contributed by atoms with Crippen molar-refractivity contribution in [1.29, 1.82) is 0 Å². The zero-order valence-electron chi connectivity index (χ0n) is 72.8. The zero-order valence-corrected chi connectivity index (χ0v) is 72.8. The van der Waals surface area contributed by atoms with Crippen molar-refractivity contribution < 1.29 is 0 Å². The maximum atomic E-state index is 2.61. The van der Waals surface area contributed by atoms with E-state index in [9.17, 15) is 0 Å². The van der Waals surface area contributed by atoms with Crippen LogP contribution in [0.1, 0.15) is 427 Å². The van der Waals surface area contributed by atoms with Gasteiger partial charge in [0, 0.05) is 5.41 Å². The second-order valence-electron chi connectivity index (χ2n) is 47.7. The number of hydrogen-bond acceptors (Lipinski definition) is 0. The lowest BCUT2D eigenvalue weighted by Crippen LogP contribution is -2.56. The maximum Gasteiger partial charge on any atom is 0.0223 e. The van der Waals surface area contributed by atoms with E-state index >= 15 is 0 Å². The van der Waals surface area contributed by atoms with Crippen LogP contribution in [0, 0.1) is 134 Å². The van der Waals surface area contributed by atoms with Gasteiger partial charge in [-0.15, -0.1) is 0 Å². The van der Waals surface area contributed by atoms with Crippen LogP contribution >= 0.6 is 0 Å². The van der Waals surface area contributed by atoms with E-state index in [-0.39, 0.29) is 18.3 Å². The normalized spacial score (nSPS) is 32.8. The Hall–Kier alpha value is -1.56. The molecule has 0 heteroatoms. The minimum atomic E-state index is 0. The average molecular weight is 1370 g/mol. The summed E-state index contributed by atoms with van der Waals surface area (Å²) in [5, 5.41) is 0. The van der Waals surface area contributed by atoms with Gasteiger partial charge in [0.05, 0.1) is 0 Å². The van der Waals surface area contributed by atoms with Crippen LogP contribution in [0.15, 0.2) is 60.7 Å². The molecule has 0 heterocycles.